The fourth-order valence-corrected chi connectivity index (χ4v) is 5.29. The van der Waals surface area contributed by atoms with Crippen LogP contribution in [0.25, 0.3) is 10.8 Å². The Kier molecular flexibility index (Phi) is 6.39. The lowest BCUT2D eigenvalue weighted by atomic mass is 9.95. The molecule has 0 radical (unpaired) electrons. The van der Waals surface area contributed by atoms with E-state index in [0.29, 0.717) is 42.7 Å². The number of fused-ring (bicyclic) bond motifs is 3. The van der Waals surface area contributed by atoms with Crippen LogP contribution >= 0.6 is 0 Å². The number of ether oxygens (including phenoxy) is 2. The van der Waals surface area contributed by atoms with Gasteiger partial charge in [0.25, 0.3) is 0 Å². The zero-order valence-electron chi connectivity index (χ0n) is 19.9. The van der Waals surface area contributed by atoms with E-state index in [1.54, 1.807) is 19.3 Å². The molecule has 2 aromatic heterocycles. The van der Waals surface area contributed by atoms with E-state index in [1.807, 2.05) is 41.3 Å². The SMILES string of the molecule is COC(=O)Nc1nccc2c(NCc3ccnc(OCC4CC5CC4CN5C(C)=O)c3)cccc12. The van der Waals surface area contributed by atoms with E-state index in [2.05, 4.69) is 20.6 Å². The highest BCUT2D eigenvalue weighted by atomic mass is 16.5. The van der Waals surface area contributed by atoms with Gasteiger partial charge in [-0.15, -0.1) is 0 Å². The van der Waals surface area contributed by atoms with Gasteiger partial charge in [0.2, 0.25) is 11.8 Å². The Morgan fingerprint density at radius 2 is 1.97 bits per heavy atom. The Balaban J connectivity index is 1.21. The number of amides is 2. The lowest BCUT2D eigenvalue weighted by molar-refractivity contribution is -0.131. The molecule has 182 valence electrons. The number of piperidine rings is 1. The first-order valence-electron chi connectivity index (χ1n) is 11.8. The van der Waals surface area contributed by atoms with Gasteiger partial charge in [0.1, 0.15) is 5.82 Å². The predicted octanol–water partition coefficient (Wildman–Crippen LogP) is 4.06. The molecule has 3 unspecified atom stereocenters. The van der Waals surface area contributed by atoms with Crippen LogP contribution < -0.4 is 15.4 Å². The predicted molar refractivity (Wildman–Crippen MR) is 132 cm³/mol. The second-order valence-electron chi connectivity index (χ2n) is 9.16. The van der Waals surface area contributed by atoms with Crippen LogP contribution in [-0.4, -0.2) is 53.2 Å². The Morgan fingerprint density at radius 1 is 1.11 bits per heavy atom. The van der Waals surface area contributed by atoms with Crippen molar-refractivity contribution < 1.29 is 19.1 Å². The zero-order valence-corrected chi connectivity index (χ0v) is 19.9. The fraction of sp³-hybridized carbons (Fsp3) is 0.385. The summed E-state index contributed by atoms with van der Waals surface area (Å²) in [5.74, 6) is 2.23. The van der Waals surface area contributed by atoms with Gasteiger partial charge in [-0.3, -0.25) is 10.1 Å². The number of aromatic nitrogens is 2. The number of carbonyl (C=O) groups is 2. The molecule has 2 N–H and O–H groups in total. The number of hydrogen-bond acceptors (Lipinski definition) is 7. The molecule has 1 saturated heterocycles. The maximum Gasteiger partial charge on any atom is 0.412 e. The zero-order chi connectivity index (χ0) is 24.4. The van der Waals surface area contributed by atoms with E-state index in [0.717, 1.165) is 41.4 Å². The standard InChI is InChI=1S/C26H29N5O4/c1-16(32)31-14-18-11-20(31)12-19(18)15-35-24-10-17(6-8-27-24)13-29-23-5-3-4-22-21(23)7-9-28-25(22)30-26(33)34-2/h3-10,18-20,29H,11-15H2,1-2H3,(H,28,30,33). The third kappa shape index (κ3) is 4.84. The highest BCUT2D eigenvalue weighted by Gasteiger charge is 2.45. The van der Waals surface area contributed by atoms with Gasteiger partial charge in [0.05, 0.1) is 13.7 Å². The van der Waals surface area contributed by atoms with Crippen molar-refractivity contribution in [1.29, 1.82) is 0 Å². The van der Waals surface area contributed by atoms with E-state index < -0.39 is 6.09 Å². The Morgan fingerprint density at radius 3 is 2.74 bits per heavy atom. The third-order valence-corrected chi connectivity index (χ3v) is 7.03. The summed E-state index contributed by atoms with van der Waals surface area (Å²) in [7, 11) is 1.32. The molecule has 2 aliphatic rings. The van der Waals surface area contributed by atoms with Crippen LogP contribution in [0, 0.1) is 11.8 Å². The number of hydrogen-bond donors (Lipinski definition) is 2. The minimum Gasteiger partial charge on any atom is -0.477 e. The molecule has 3 aromatic rings. The van der Waals surface area contributed by atoms with Crippen LogP contribution in [-0.2, 0) is 16.1 Å². The van der Waals surface area contributed by atoms with Gasteiger partial charge in [-0.2, -0.15) is 0 Å². The van der Waals surface area contributed by atoms with Crippen molar-refractivity contribution in [2.24, 2.45) is 11.8 Å². The number of benzene rings is 1. The first kappa shape index (κ1) is 22.9. The van der Waals surface area contributed by atoms with Crippen LogP contribution in [0.5, 0.6) is 5.88 Å². The minimum absolute atomic E-state index is 0.178. The van der Waals surface area contributed by atoms with Crippen molar-refractivity contribution in [1.82, 2.24) is 14.9 Å². The van der Waals surface area contributed by atoms with Crippen molar-refractivity contribution >= 4 is 34.3 Å². The summed E-state index contributed by atoms with van der Waals surface area (Å²) in [5, 5.41) is 7.88. The number of carbonyl (C=O) groups excluding carboxylic acids is 2. The summed E-state index contributed by atoms with van der Waals surface area (Å²) < 4.78 is 10.8. The minimum atomic E-state index is -0.561. The topological polar surface area (TPSA) is 106 Å². The summed E-state index contributed by atoms with van der Waals surface area (Å²) in [6.45, 7) is 3.72. The molecule has 3 heterocycles. The van der Waals surface area contributed by atoms with Crippen molar-refractivity contribution in [2.75, 3.05) is 30.9 Å². The smallest absolute Gasteiger partial charge is 0.412 e. The normalized spacial score (nSPS) is 20.6. The van der Waals surface area contributed by atoms with Gasteiger partial charge >= 0.3 is 6.09 Å². The summed E-state index contributed by atoms with van der Waals surface area (Å²) in [6.07, 6.45) is 4.95. The average Bonchev–Trinajstić information content (AvgIpc) is 3.48. The number of methoxy groups -OCH3 is 1. The molecule has 1 saturated carbocycles. The number of rotatable bonds is 7. The number of anilines is 2. The highest BCUT2D eigenvalue weighted by molar-refractivity contribution is 6.03. The molecule has 0 spiro atoms. The van der Waals surface area contributed by atoms with E-state index in [-0.39, 0.29) is 5.91 Å². The first-order valence-corrected chi connectivity index (χ1v) is 11.8. The molecule has 2 amide bonds. The van der Waals surface area contributed by atoms with E-state index in [1.165, 1.54) is 7.11 Å². The molecule has 2 fully saturated rings. The molecule has 2 bridgehead atoms. The lowest BCUT2D eigenvalue weighted by Crippen LogP contribution is -2.39. The van der Waals surface area contributed by atoms with E-state index >= 15 is 0 Å². The summed E-state index contributed by atoms with van der Waals surface area (Å²) in [5.41, 5.74) is 1.97. The van der Waals surface area contributed by atoms with Gasteiger partial charge < -0.3 is 19.7 Å². The molecule has 9 heteroatoms. The first-order chi connectivity index (χ1) is 17.0. The Bertz CT molecular complexity index is 1250. The summed E-state index contributed by atoms with van der Waals surface area (Å²) in [6, 6.07) is 12.0. The highest BCUT2D eigenvalue weighted by Crippen LogP contribution is 2.42. The van der Waals surface area contributed by atoms with E-state index in [4.69, 9.17) is 9.47 Å². The van der Waals surface area contributed by atoms with Crippen LogP contribution in [0.2, 0.25) is 0 Å². The molecule has 5 rings (SSSR count). The summed E-state index contributed by atoms with van der Waals surface area (Å²) >= 11 is 0. The molecule has 1 aliphatic carbocycles. The molecule has 1 aliphatic heterocycles. The van der Waals surface area contributed by atoms with E-state index in [9.17, 15) is 9.59 Å². The third-order valence-electron chi connectivity index (χ3n) is 7.03. The van der Waals surface area contributed by atoms with Crippen molar-refractivity contribution in [3.63, 3.8) is 0 Å². The lowest BCUT2D eigenvalue weighted by Gasteiger charge is -2.30. The Hall–Kier alpha value is -3.88. The van der Waals surface area contributed by atoms with Gasteiger partial charge in [-0.05, 0) is 48.4 Å². The average molecular weight is 476 g/mol. The van der Waals surface area contributed by atoms with Crippen molar-refractivity contribution in [3.8, 4) is 5.88 Å². The molecule has 9 nitrogen and oxygen atoms in total. The van der Waals surface area contributed by atoms with Crippen LogP contribution in [0.1, 0.15) is 25.3 Å². The van der Waals surface area contributed by atoms with Crippen molar-refractivity contribution in [3.05, 3.63) is 54.4 Å². The molecular formula is C26H29N5O4. The van der Waals surface area contributed by atoms with Gasteiger partial charge in [0, 0.05) is 61.0 Å². The van der Waals surface area contributed by atoms with Gasteiger partial charge in [-0.1, -0.05) is 12.1 Å². The van der Waals surface area contributed by atoms with Crippen LogP contribution in [0.4, 0.5) is 16.3 Å². The molecule has 1 aromatic carbocycles. The maximum absolute atomic E-state index is 11.7. The maximum atomic E-state index is 11.7. The second-order valence-corrected chi connectivity index (χ2v) is 9.16. The number of nitrogens with one attached hydrogen (secondary N) is 2. The van der Waals surface area contributed by atoms with Gasteiger partial charge in [0.15, 0.2) is 0 Å². The van der Waals surface area contributed by atoms with Crippen LogP contribution in [0.3, 0.4) is 0 Å². The molecule has 35 heavy (non-hydrogen) atoms. The number of nitrogens with zero attached hydrogens (tertiary/aromatic N) is 3. The number of likely N-dealkylation sites (tertiary alicyclic amines) is 1. The molecule has 3 atom stereocenters. The molecular weight excluding hydrogens is 446 g/mol. The summed E-state index contributed by atoms with van der Waals surface area (Å²) in [4.78, 5) is 34.0. The number of pyridine rings is 2. The monoisotopic (exact) mass is 475 g/mol. The second kappa shape index (κ2) is 9.77. The quantitative estimate of drug-likeness (QED) is 0.531. The van der Waals surface area contributed by atoms with Crippen molar-refractivity contribution in [2.45, 2.75) is 32.4 Å². The van der Waals surface area contributed by atoms with Crippen LogP contribution in [0.15, 0.2) is 48.8 Å². The van der Waals surface area contributed by atoms with Gasteiger partial charge in [-0.25, -0.2) is 14.8 Å². The fourth-order valence-electron chi connectivity index (χ4n) is 5.29. The largest absolute Gasteiger partial charge is 0.477 e. The Labute approximate surface area is 203 Å².